The Balaban J connectivity index is 1.74. The smallest absolute Gasteiger partial charge is 0.236 e. The lowest BCUT2D eigenvalue weighted by molar-refractivity contribution is -0.131. The van der Waals surface area contributed by atoms with Crippen molar-refractivity contribution in [3.63, 3.8) is 0 Å². The molecule has 1 aliphatic heterocycles. The van der Waals surface area contributed by atoms with Crippen LogP contribution >= 0.6 is 0 Å². The van der Waals surface area contributed by atoms with E-state index in [0.717, 1.165) is 44.7 Å². The number of hydrogen-bond donors (Lipinski definition) is 1. The van der Waals surface area contributed by atoms with Crippen molar-refractivity contribution in [2.24, 2.45) is 5.73 Å². The zero-order valence-corrected chi connectivity index (χ0v) is 11.0. The highest BCUT2D eigenvalue weighted by Crippen LogP contribution is 2.07. The van der Waals surface area contributed by atoms with E-state index < -0.39 is 0 Å². The first-order valence-corrected chi connectivity index (χ1v) is 6.63. The predicted molar refractivity (Wildman–Crippen MR) is 72.2 cm³/mol. The van der Waals surface area contributed by atoms with Crippen molar-refractivity contribution in [3.05, 3.63) is 35.6 Å². The van der Waals surface area contributed by atoms with Crippen LogP contribution in [0, 0.1) is 5.82 Å². The lowest BCUT2D eigenvalue weighted by Crippen LogP contribution is -2.50. The summed E-state index contributed by atoms with van der Waals surface area (Å²) in [5, 5.41) is 0. The van der Waals surface area contributed by atoms with Crippen LogP contribution in [0.2, 0.25) is 0 Å². The number of nitrogens with zero attached hydrogens (tertiary/aromatic N) is 2. The molecule has 0 bridgehead atoms. The quantitative estimate of drug-likeness (QED) is 0.861. The van der Waals surface area contributed by atoms with Crippen LogP contribution in [0.5, 0.6) is 0 Å². The van der Waals surface area contributed by atoms with Crippen molar-refractivity contribution in [3.8, 4) is 0 Å². The molecule has 0 atom stereocenters. The van der Waals surface area contributed by atoms with Crippen molar-refractivity contribution in [2.45, 2.75) is 6.42 Å². The van der Waals surface area contributed by atoms with Crippen LogP contribution in [0.4, 0.5) is 4.39 Å². The third kappa shape index (κ3) is 4.01. The third-order valence-corrected chi connectivity index (χ3v) is 3.53. The van der Waals surface area contributed by atoms with E-state index in [2.05, 4.69) is 4.90 Å². The molecule has 0 spiro atoms. The molecule has 0 aliphatic carbocycles. The van der Waals surface area contributed by atoms with Crippen molar-refractivity contribution < 1.29 is 9.18 Å². The molecule has 5 heteroatoms. The fourth-order valence-corrected chi connectivity index (χ4v) is 2.29. The minimum Gasteiger partial charge on any atom is -0.339 e. The molecule has 1 aromatic carbocycles. The van der Waals surface area contributed by atoms with Gasteiger partial charge in [-0.1, -0.05) is 12.1 Å². The van der Waals surface area contributed by atoms with Gasteiger partial charge in [0.25, 0.3) is 0 Å². The summed E-state index contributed by atoms with van der Waals surface area (Å²) in [6.45, 7) is 4.30. The highest BCUT2D eigenvalue weighted by Gasteiger charge is 2.19. The van der Waals surface area contributed by atoms with E-state index >= 15 is 0 Å². The summed E-state index contributed by atoms with van der Waals surface area (Å²) in [7, 11) is 0. The Labute approximate surface area is 113 Å². The lowest BCUT2D eigenvalue weighted by Gasteiger charge is -2.34. The summed E-state index contributed by atoms with van der Waals surface area (Å²) in [5.74, 6) is -0.171. The van der Waals surface area contributed by atoms with Gasteiger partial charge in [0, 0.05) is 32.7 Å². The Kier molecular flexibility index (Phi) is 4.87. The maximum absolute atomic E-state index is 12.8. The van der Waals surface area contributed by atoms with Crippen LogP contribution in [0.3, 0.4) is 0 Å². The van der Waals surface area contributed by atoms with Gasteiger partial charge in [0.2, 0.25) is 5.91 Å². The number of carbonyl (C=O) groups excluding carboxylic acids is 1. The van der Waals surface area contributed by atoms with Crippen molar-refractivity contribution >= 4 is 5.91 Å². The van der Waals surface area contributed by atoms with Crippen LogP contribution < -0.4 is 5.73 Å². The van der Waals surface area contributed by atoms with E-state index in [-0.39, 0.29) is 18.3 Å². The van der Waals surface area contributed by atoms with E-state index in [4.69, 9.17) is 5.73 Å². The summed E-state index contributed by atoms with van der Waals surface area (Å²) >= 11 is 0. The molecule has 4 nitrogen and oxygen atoms in total. The minimum atomic E-state index is -0.197. The maximum atomic E-state index is 12.8. The second-order valence-corrected chi connectivity index (χ2v) is 4.80. The first-order valence-electron chi connectivity index (χ1n) is 6.63. The minimum absolute atomic E-state index is 0.0261. The van der Waals surface area contributed by atoms with E-state index in [1.54, 1.807) is 0 Å². The van der Waals surface area contributed by atoms with Gasteiger partial charge in [0.1, 0.15) is 5.82 Å². The van der Waals surface area contributed by atoms with E-state index in [1.165, 1.54) is 12.1 Å². The van der Waals surface area contributed by atoms with Gasteiger partial charge >= 0.3 is 0 Å². The molecule has 2 rings (SSSR count). The van der Waals surface area contributed by atoms with Crippen molar-refractivity contribution in [2.75, 3.05) is 39.3 Å². The van der Waals surface area contributed by atoms with Gasteiger partial charge in [-0.05, 0) is 24.1 Å². The summed E-state index contributed by atoms with van der Waals surface area (Å²) in [6, 6.07) is 6.63. The molecular weight excluding hydrogens is 245 g/mol. The van der Waals surface area contributed by atoms with E-state index in [1.807, 2.05) is 17.0 Å². The molecule has 104 valence electrons. The van der Waals surface area contributed by atoms with Gasteiger partial charge in [-0.25, -0.2) is 4.39 Å². The summed E-state index contributed by atoms with van der Waals surface area (Å²) in [5.41, 5.74) is 6.49. The fraction of sp³-hybridized carbons (Fsp3) is 0.500. The zero-order chi connectivity index (χ0) is 13.7. The standard InChI is InChI=1S/C14H20FN3O/c15-13-3-1-12(2-4-13)5-6-17-7-9-18(10-8-17)14(19)11-16/h1-4H,5-11,16H2. The normalized spacial score (nSPS) is 16.6. The van der Waals surface area contributed by atoms with Gasteiger partial charge in [0.05, 0.1) is 6.54 Å². The number of carbonyl (C=O) groups is 1. The largest absolute Gasteiger partial charge is 0.339 e. The Morgan fingerprint density at radius 3 is 2.37 bits per heavy atom. The van der Waals surface area contributed by atoms with Crippen LogP contribution in [-0.4, -0.2) is 55.0 Å². The summed E-state index contributed by atoms with van der Waals surface area (Å²) in [4.78, 5) is 15.6. The second kappa shape index (κ2) is 6.63. The van der Waals surface area contributed by atoms with Gasteiger partial charge in [-0.15, -0.1) is 0 Å². The molecule has 0 aromatic heterocycles. The van der Waals surface area contributed by atoms with E-state index in [9.17, 15) is 9.18 Å². The van der Waals surface area contributed by atoms with Crippen LogP contribution in [-0.2, 0) is 11.2 Å². The SMILES string of the molecule is NCC(=O)N1CCN(CCc2ccc(F)cc2)CC1. The van der Waals surface area contributed by atoms with Crippen LogP contribution in [0.15, 0.2) is 24.3 Å². The number of halogens is 1. The fourth-order valence-electron chi connectivity index (χ4n) is 2.29. The Hall–Kier alpha value is -1.46. The monoisotopic (exact) mass is 265 g/mol. The Morgan fingerprint density at radius 2 is 1.79 bits per heavy atom. The highest BCUT2D eigenvalue weighted by molar-refractivity contribution is 5.78. The maximum Gasteiger partial charge on any atom is 0.236 e. The predicted octanol–water partition coefficient (Wildman–Crippen LogP) is 0.471. The lowest BCUT2D eigenvalue weighted by atomic mass is 10.1. The van der Waals surface area contributed by atoms with Gasteiger partial charge in [0.15, 0.2) is 0 Å². The molecule has 1 aliphatic rings. The average molecular weight is 265 g/mol. The van der Waals surface area contributed by atoms with Crippen LogP contribution in [0.1, 0.15) is 5.56 Å². The number of piperazine rings is 1. The molecule has 0 saturated carbocycles. The molecule has 19 heavy (non-hydrogen) atoms. The Bertz CT molecular complexity index is 413. The Morgan fingerprint density at radius 1 is 1.16 bits per heavy atom. The first kappa shape index (κ1) is 14.0. The number of rotatable bonds is 4. The molecule has 1 aromatic rings. The van der Waals surface area contributed by atoms with Crippen molar-refractivity contribution in [1.82, 2.24) is 9.80 Å². The van der Waals surface area contributed by atoms with E-state index in [0.29, 0.717) is 0 Å². The molecule has 1 amide bonds. The molecule has 0 unspecified atom stereocenters. The molecule has 1 fully saturated rings. The first-order chi connectivity index (χ1) is 9.19. The zero-order valence-electron chi connectivity index (χ0n) is 11.0. The summed E-state index contributed by atoms with van der Waals surface area (Å²) in [6.07, 6.45) is 0.908. The van der Waals surface area contributed by atoms with Gasteiger partial charge in [-0.2, -0.15) is 0 Å². The second-order valence-electron chi connectivity index (χ2n) is 4.80. The molecule has 1 saturated heterocycles. The molecule has 2 N–H and O–H groups in total. The average Bonchev–Trinajstić information content (AvgIpc) is 2.46. The third-order valence-electron chi connectivity index (χ3n) is 3.53. The van der Waals surface area contributed by atoms with Crippen LogP contribution in [0.25, 0.3) is 0 Å². The number of hydrogen-bond acceptors (Lipinski definition) is 3. The number of benzene rings is 1. The molecular formula is C14H20FN3O. The topological polar surface area (TPSA) is 49.6 Å². The van der Waals surface area contributed by atoms with Gasteiger partial charge in [-0.3, -0.25) is 9.69 Å². The summed E-state index contributed by atoms with van der Waals surface area (Å²) < 4.78 is 12.8. The molecule has 1 heterocycles. The highest BCUT2D eigenvalue weighted by atomic mass is 19.1. The van der Waals surface area contributed by atoms with Gasteiger partial charge < -0.3 is 10.6 Å². The number of amides is 1. The number of nitrogens with two attached hydrogens (primary N) is 1. The van der Waals surface area contributed by atoms with Crippen molar-refractivity contribution in [1.29, 1.82) is 0 Å². The molecule has 0 radical (unpaired) electrons.